The first-order valence-electron chi connectivity index (χ1n) is 7.67. The van der Waals surface area contributed by atoms with E-state index in [1.807, 2.05) is 30.8 Å². The Morgan fingerprint density at radius 3 is 3.00 bits per heavy atom. The maximum atomic E-state index is 13.9. The topological polar surface area (TPSA) is 45.1 Å². The van der Waals surface area contributed by atoms with Crippen LogP contribution in [0.2, 0.25) is 0 Å². The number of nitrogens with zero attached hydrogens (tertiary/aromatic N) is 1. The molecule has 1 aliphatic carbocycles. The van der Waals surface area contributed by atoms with E-state index < -0.39 is 5.60 Å². The Balaban J connectivity index is 1.84. The number of hydrogen-bond donors (Lipinski definition) is 2. The van der Waals surface area contributed by atoms with Crippen molar-refractivity contribution in [3.05, 3.63) is 35.8 Å². The number of rotatable bonds is 5. The second kappa shape index (κ2) is 6.05. The van der Waals surface area contributed by atoms with Crippen LogP contribution in [0.5, 0.6) is 0 Å². The predicted molar refractivity (Wildman–Crippen MR) is 91.0 cm³/mol. The van der Waals surface area contributed by atoms with Gasteiger partial charge in [0.25, 0.3) is 0 Å². The molecule has 3 rings (SSSR count). The summed E-state index contributed by atoms with van der Waals surface area (Å²) in [6, 6.07) is 6.88. The SMILES string of the molecule is CCSC1CCC1(O)CNc1cc(C)nc2c(F)cccc12. The molecule has 0 radical (unpaired) electrons. The third-order valence-electron chi connectivity index (χ3n) is 4.31. The van der Waals surface area contributed by atoms with Crippen molar-refractivity contribution in [3.8, 4) is 0 Å². The van der Waals surface area contributed by atoms with E-state index in [-0.39, 0.29) is 11.1 Å². The van der Waals surface area contributed by atoms with Crippen molar-refractivity contribution in [1.29, 1.82) is 0 Å². The normalized spacial score (nSPS) is 24.3. The lowest BCUT2D eigenvalue weighted by Gasteiger charge is -2.45. The zero-order chi connectivity index (χ0) is 15.7. The molecule has 22 heavy (non-hydrogen) atoms. The summed E-state index contributed by atoms with van der Waals surface area (Å²) in [5, 5.41) is 15.0. The number of halogens is 1. The van der Waals surface area contributed by atoms with E-state index in [4.69, 9.17) is 0 Å². The van der Waals surface area contributed by atoms with Crippen molar-refractivity contribution in [2.45, 2.75) is 37.5 Å². The summed E-state index contributed by atoms with van der Waals surface area (Å²) in [6.45, 7) is 4.45. The summed E-state index contributed by atoms with van der Waals surface area (Å²) in [6.07, 6.45) is 1.87. The minimum Gasteiger partial charge on any atom is -0.387 e. The van der Waals surface area contributed by atoms with Crippen LogP contribution in [-0.2, 0) is 0 Å². The molecule has 118 valence electrons. The minimum atomic E-state index is -0.669. The van der Waals surface area contributed by atoms with E-state index in [0.29, 0.717) is 12.1 Å². The van der Waals surface area contributed by atoms with Gasteiger partial charge in [-0.1, -0.05) is 19.1 Å². The number of hydrogen-bond acceptors (Lipinski definition) is 4. The molecular formula is C17H21FN2OS. The average molecular weight is 320 g/mol. The minimum absolute atomic E-state index is 0.288. The van der Waals surface area contributed by atoms with Gasteiger partial charge in [0.1, 0.15) is 11.3 Å². The van der Waals surface area contributed by atoms with Crippen molar-refractivity contribution in [1.82, 2.24) is 4.98 Å². The summed E-state index contributed by atoms with van der Waals surface area (Å²) in [7, 11) is 0. The fraction of sp³-hybridized carbons (Fsp3) is 0.471. The second-order valence-electron chi connectivity index (χ2n) is 5.89. The number of aromatic nitrogens is 1. The summed E-state index contributed by atoms with van der Waals surface area (Å²) >= 11 is 1.81. The molecule has 0 saturated heterocycles. The molecule has 2 N–H and O–H groups in total. The summed E-state index contributed by atoms with van der Waals surface area (Å²) in [5.74, 6) is 0.696. The van der Waals surface area contributed by atoms with E-state index in [0.717, 1.165) is 35.4 Å². The van der Waals surface area contributed by atoms with Gasteiger partial charge in [-0.25, -0.2) is 9.37 Å². The number of aliphatic hydroxyl groups is 1. The molecule has 1 aliphatic rings. The highest BCUT2D eigenvalue weighted by Gasteiger charge is 2.44. The third kappa shape index (κ3) is 2.79. The standard InChI is InChI=1S/C17H21FN2OS/c1-3-22-15-7-8-17(15,21)10-19-14-9-11(2)20-16-12(14)5-4-6-13(16)18/h4-6,9,15,21H,3,7-8,10H2,1-2H3,(H,19,20). The Morgan fingerprint density at radius 1 is 1.50 bits per heavy atom. The first kappa shape index (κ1) is 15.6. The number of anilines is 1. The van der Waals surface area contributed by atoms with Gasteiger partial charge < -0.3 is 10.4 Å². The number of pyridine rings is 1. The average Bonchev–Trinajstić information content (AvgIpc) is 2.50. The Kier molecular flexibility index (Phi) is 4.28. The van der Waals surface area contributed by atoms with Gasteiger partial charge in [0.15, 0.2) is 0 Å². The molecule has 1 aromatic carbocycles. The maximum Gasteiger partial charge on any atom is 0.149 e. The highest BCUT2D eigenvalue weighted by molar-refractivity contribution is 8.00. The molecular weight excluding hydrogens is 299 g/mol. The van der Waals surface area contributed by atoms with E-state index in [9.17, 15) is 9.50 Å². The Labute approximate surface area is 134 Å². The van der Waals surface area contributed by atoms with Gasteiger partial charge in [-0.2, -0.15) is 11.8 Å². The molecule has 0 aliphatic heterocycles. The van der Waals surface area contributed by atoms with Gasteiger partial charge in [0.2, 0.25) is 0 Å². The molecule has 1 aromatic heterocycles. The van der Waals surface area contributed by atoms with Crippen molar-refractivity contribution in [3.63, 3.8) is 0 Å². The second-order valence-corrected chi connectivity index (χ2v) is 7.37. The molecule has 2 atom stereocenters. The van der Waals surface area contributed by atoms with E-state index >= 15 is 0 Å². The highest BCUT2D eigenvalue weighted by atomic mass is 32.2. The highest BCUT2D eigenvalue weighted by Crippen LogP contribution is 2.41. The smallest absolute Gasteiger partial charge is 0.149 e. The zero-order valence-corrected chi connectivity index (χ0v) is 13.7. The summed E-state index contributed by atoms with van der Waals surface area (Å²) in [5.41, 5.74) is 1.31. The first-order valence-corrected chi connectivity index (χ1v) is 8.72. The maximum absolute atomic E-state index is 13.9. The molecule has 2 aromatic rings. The number of para-hydroxylation sites is 1. The van der Waals surface area contributed by atoms with Crippen LogP contribution >= 0.6 is 11.8 Å². The van der Waals surface area contributed by atoms with E-state index in [1.54, 1.807) is 6.07 Å². The van der Waals surface area contributed by atoms with Crippen molar-refractivity contribution in [2.75, 3.05) is 17.6 Å². The van der Waals surface area contributed by atoms with Crippen LogP contribution in [0.4, 0.5) is 10.1 Å². The Morgan fingerprint density at radius 2 is 2.32 bits per heavy atom. The molecule has 1 fully saturated rings. The fourth-order valence-corrected chi connectivity index (χ4v) is 4.17. The number of aryl methyl sites for hydroxylation is 1. The first-order chi connectivity index (χ1) is 10.5. The number of fused-ring (bicyclic) bond motifs is 1. The molecule has 0 bridgehead atoms. The Hall–Kier alpha value is -1.33. The quantitative estimate of drug-likeness (QED) is 0.881. The van der Waals surface area contributed by atoms with E-state index in [2.05, 4.69) is 17.2 Å². The largest absolute Gasteiger partial charge is 0.387 e. The monoisotopic (exact) mass is 320 g/mol. The van der Waals surface area contributed by atoms with Crippen molar-refractivity contribution in [2.24, 2.45) is 0 Å². The molecule has 1 saturated carbocycles. The molecule has 5 heteroatoms. The summed E-state index contributed by atoms with van der Waals surface area (Å²) < 4.78 is 13.9. The summed E-state index contributed by atoms with van der Waals surface area (Å²) in [4.78, 5) is 4.28. The van der Waals surface area contributed by atoms with Crippen molar-refractivity contribution >= 4 is 28.4 Å². The van der Waals surface area contributed by atoms with Crippen molar-refractivity contribution < 1.29 is 9.50 Å². The predicted octanol–water partition coefficient (Wildman–Crippen LogP) is 3.74. The van der Waals surface area contributed by atoms with Gasteiger partial charge >= 0.3 is 0 Å². The number of benzene rings is 1. The lowest BCUT2D eigenvalue weighted by atomic mass is 9.79. The van der Waals surface area contributed by atoms with Crippen LogP contribution in [0.1, 0.15) is 25.5 Å². The zero-order valence-electron chi connectivity index (χ0n) is 12.9. The fourth-order valence-electron chi connectivity index (χ4n) is 2.97. The van der Waals surface area contributed by atoms with Crippen LogP contribution in [0.25, 0.3) is 10.9 Å². The van der Waals surface area contributed by atoms with Gasteiger partial charge in [0.05, 0.1) is 5.60 Å². The van der Waals surface area contributed by atoms with Crippen LogP contribution in [-0.4, -0.2) is 33.2 Å². The molecule has 1 heterocycles. The van der Waals surface area contributed by atoms with Gasteiger partial charge in [-0.3, -0.25) is 0 Å². The number of nitrogens with one attached hydrogen (secondary N) is 1. The van der Waals surface area contributed by atoms with Crippen LogP contribution in [0.3, 0.4) is 0 Å². The van der Waals surface area contributed by atoms with Gasteiger partial charge in [-0.15, -0.1) is 0 Å². The molecule has 3 nitrogen and oxygen atoms in total. The van der Waals surface area contributed by atoms with Crippen LogP contribution in [0.15, 0.2) is 24.3 Å². The third-order valence-corrected chi connectivity index (χ3v) is 5.72. The van der Waals surface area contributed by atoms with Gasteiger partial charge in [0, 0.05) is 28.6 Å². The molecule has 0 spiro atoms. The molecule has 0 amide bonds. The lowest BCUT2D eigenvalue weighted by molar-refractivity contribution is -0.0119. The van der Waals surface area contributed by atoms with E-state index in [1.165, 1.54) is 6.07 Å². The lowest BCUT2D eigenvalue weighted by Crippen LogP contribution is -2.54. The van der Waals surface area contributed by atoms with Crippen LogP contribution < -0.4 is 5.32 Å². The number of thioether (sulfide) groups is 1. The Bertz CT molecular complexity index is 694. The van der Waals surface area contributed by atoms with Crippen LogP contribution in [0, 0.1) is 12.7 Å². The van der Waals surface area contributed by atoms with Gasteiger partial charge in [-0.05, 0) is 37.7 Å². The molecule has 2 unspecified atom stereocenters.